The molecule has 3 N–H and O–H groups in total. The molecule has 1 heterocycles. The summed E-state index contributed by atoms with van der Waals surface area (Å²) in [6.45, 7) is 0. The number of hydrogen-bond donors (Lipinski definition) is 2. The molecule has 3 nitrogen and oxygen atoms in total. The van der Waals surface area contributed by atoms with E-state index in [1.54, 1.807) is 24.3 Å². The van der Waals surface area contributed by atoms with Crippen molar-refractivity contribution in [1.29, 1.82) is 0 Å². The summed E-state index contributed by atoms with van der Waals surface area (Å²) in [5.41, 5.74) is 7.07. The number of hydrogen-bond acceptors (Lipinski definition) is 3. The van der Waals surface area contributed by atoms with Gasteiger partial charge in [0.1, 0.15) is 11.0 Å². The van der Waals surface area contributed by atoms with E-state index in [2.05, 4.69) is 26.2 Å². The highest BCUT2D eigenvalue weighted by Crippen LogP contribution is 2.29. The molecular formula is C11H8BrCl2N3. The average Bonchev–Trinajstić information content (AvgIpc) is 2.21. The van der Waals surface area contributed by atoms with E-state index in [9.17, 15) is 0 Å². The Labute approximate surface area is 117 Å². The maximum absolute atomic E-state index is 5.86. The zero-order chi connectivity index (χ0) is 12.4. The van der Waals surface area contributed by atoms with Crippen LogP contribution in [-0.2, 0) is 0 Å². The molecule has 0 atom stereocenters. The van der Waals surface area contributed by atoms with Gasteiger partial charge in [-0.25, -0.2) is 4.98 Å². The van der Waals surface area contributed by atoms with Crippen molar-refractivity contribution in [2.24, 2.45) is 0 Å². The van der Waals surface area contributed by atoms with Crippen molar-refractivity contribution in [3.63, 3.8) is 0 Å². The number of anilines is 3. The Kier molecular flexibility index (Phi) is 3.76. The van der Waals surface area contributed by atoms with Crippen LogP contribution in [0.25, 0.3) is 0 Å². The van der Waals surface area contributed by atoms with Gasteiger partial charge < -0.3 is 11.1 Å². The van der Waals surface area contributed by atoms with Crippen molar-refractivity contribution in [3.05, 3.63) is 45.0 Å². The lowest BCUT2D eigenvalue weighted by Gasteiger charge is -2.09. The largest absolute Gasteiger partial charge is 0.399 e. The number of halogens is 3. The van der Waals surface area contributed by atoms with Crippen LogP contribution >= 0.6 is 39.1 Å². The molecular weight excluding hydrogens is 325 g/mol. The summed E-state index contributed by atoms with van der Waals surface area (Å²) in [6.07, 6.45) is 0. The van der Waals surface area contributed by atoms with Crippen molar-refractivity contribution in [1.82, 2.24) is 4.98 Å². The molecule has 1 aromatic heterocycles. The second-order valence-corrected chi connectivity index (χ2v) is 5.04. The van der Waals surface area contributed by atoms with Gasteiger partial charge in [-0.3, -0.25) is 0 Å². The smallest absolute Gasteiger partial charge is 0.134 e. The van der Waals surface area contributed by atoms with Gasteiger partial charge in [-0.2, -0.15) is 0 Å². The fourth-order valence-corrected chi connectivity index (χ4v) is 2.31. The van der Waals surface area contributed by atoms with Gasteiger partial charge >= 0.3 is 0 Å². The predicted octanol–water partition coefficient (Wildman–Crippen LogP) is 4.48. The molecule has 0 saturated heterocycles. The fraction of sp³-hybridized carbons (Fsp3) is 0. The van der Waals surface area contributed by atoms with Crippen LogP contribution in [0, 0.1) is 0 Å². The van der Waals surface area contributed by atoms with Crippen molar-refractivity contribution in [2.75, 3.05) is 11.1 Å². The van der Waals surface area contributed by atoms with Gasteiger partial charge in [0, 0.05) is 21.2 Å². The molecule has 0 amide bonds. The number of aromatic nitrogens is 1. The molecule has 0 radical (unpaired) electrons. The molecule has 17 heavy (non-hydrogen) atoms. The van der Waals surface area contributed by atoms with Gasteiger partial charge in [0.15, 0.2) is 0 Å². The number of nitrogens with zero attached hydrogens (tertiary/aromatic N) is 1. The van der Waals surface area contributed by atoms with Crippen molar-refractivity contribution < 1.29 is 0 Å². The predicted molar refractivity (Wildman–Crippen MR) is 76.1 cm³/mol. The molecule has 0 fully saturated rings. The third-order valence-corrected chi connectivity index (χ3v) is 3.10. The summed E-state index contributed by atoms with van der Waals surface area (Å²) in [5.74, 6) is 0.582. The van der Waals surface area contributed by atoms with Crippen LogP contribution in [-0.4, -0.2) is 4.98 Å². The Morgan fingerprint density at radius 2 is 1.94 bits per heavy atom. The number of pyridine rings is 1. The summed E-state index contributed by atoms with van der Waals surface area (Å²) >= 11 is 15.1. The zero-order valence-corrected chi connectivity index (χ0v) is 11.6. The Morgan fingerprint density at radius 1 is 1.18 bits per heavy atom. The first kappa shape index (κ1) is 12.5. The molecule has 1 aromatic carbocycles. The molecule has 0 aliphatic carbocycles. The van der Waals surface area contributed by atoms with E-state index < -0.39 is 0 Å². The summed E-state index contributed by atoms with van der Waals surface area (Å²) in [5, 5.41) is 4.10. The van der Waals surface area contributed by atoms with E-state index in [-0.39, 0.29) is 0 Å². The van der Waals surface area contributed by atoms with E-state index in [0.717, 1.165) is 10.2 Å². The van der Waals surface area contributed by atoms with E-state index in [4.69, 9.17) is 28.9 Å². The minimum Gasteiger partial charge on any atom is -0.399 e. The highest BCUT2D eigenvalue weighted by atomic mass is 79.9. The van der Waals surface area contributed by atoms with Crippen LogP contribution in [0.5, 0.6) is 0 Å². The highest BCUT2D eigenvalue weighted by Gasteiger charge is 2.03. The number of nitrogens with one attached hydrogen (secondary N) is 1. The quantitative estimate of drug-likeness (QED) is 0.797. The summed E-state index contributed by atoms with van der Waals surface area (Å²) < 4.78 is 0.838. The van der Waals surface area contributed by atoms with Gasteiger partial charge in [-0.05, 0) is 40.2 Å². The Balaban J connectivity index is 2.31. The van der Waals surface area contributed by atoms with Crippen LogP contribution in [0.1, 0.15) is 0 Å². The first-order chi connectivity index (χ1) is 8.04. The molecule has 0 saturated carbocycles. The van der Waals surface area contributed by atoms with Crippen LogP contribution < -0.4 is 11.1 Å². The first-order valence-corrected chi connectivity index (χ1v) is 6.24. The zero-order valence-electron chi connectivity index (χ0n) is 8.55. The Morgan fingerprint density at radius 3 is 2.59 bits per heavy atom. The van der Waals surface area contributed by atoms with Gasteiger partial charge in [0.2, 0.25) is 0 Å². The van der Waals surface area contributed by atoms with Crippen LogP contribution in [0.15, 0.2) is 34.8 Å². The molecule has 6 heteroatoms. The summed E-state index contributed by atoms with van der Waals surface area (Å²) in [4.78, 5) is 4.11. The fourth-order valence-electron chi connectivity index (χ4n) is 1.31. The molecule has 2 rings (SSSR count). The first-order valence-electron chi connectivity index (χ1n) is 4.70. The van der Waals surface area contributed by atoms with Crippen LogP contribution in [0.4, 0.5) is 17.2 Å². The molecule has 0 aliphatic heterocycles. The topological polar surface area (TPSA) is 50.9 Å². The van der Waals surface area contributed by atoms with Gasteiger partial charge in [0.05, 0.1) is 5.69 Å². The van der Waals surface area contributed by atoms with E-state index >= 15 is 0 Å². The Bertz CT molecular complexity index is 540. The van der Waals surface area contributed by atoms with E-state index in [1.807, 2.05) is 6.07 Å². The van der Waals surface area contributed by atoms with Gasteiger partial charge in [0.25, 0.3) is 0 Å². The summed E-state index contributed by atoms with van der Waals surface area (Å²) in [6, 6.07) is 8.70. The lowest BCUT2D eigenvalue weighted by molar-refractivity contribution is 1.31. The average molecular weight is 333 g/mol. The SMILES string of the molecule is Nc1cc(Cl)nc(Nc2ccc(Cl)cc2Br)c1. The minimum absolute atomic E-state index is 0.345. The second-order valence-electron chi connectivity index (χ2n) is 3.36. The van der Waals surface area contributed by atoms with Gasteiger partial charge in [-0.15, -0.1) is 0 Å². The lowest BCUT2D eigenvalue weighted by atomic mass is 10.3. The number of nitrogens with two attached hydrogens (primary N) is 1. The number of benzene rings is 1. The third-order valence-electron chi connectivity index (χ3n) is 2.01. The number of rotatable bonds is 2. The van der Waals surface area contributed by atoms with Crippen molar-refractivity contribution in [2.45, 2.75) is 0 Å². The lowest BCUT2D eigenvalue weighted by Crippen LogP contribution is -1.96. The van der Waals surface area contributed by atoms with Crippen molar-refractivity contribution >= 4 is 56.3 Å². The molecule has 2 aromatic rings. The molecule has 0 bridgehead atoms. The molecule has 88 valence electrons. The maximum atomic E-state index is 5.86. The van der Waals surface area contributed by atoms with Gasteiger partial charge in [-0.1, -0.05) is 23.2 Å². The van der Waals surface area contributed by atoms with Crippen LogP contribution in [0.2, 0.25) is 10.2 Å². The number of nitrogen functional groups attached to an aromatic ring is 1. The molecule has 0 unspecified atom stereocenters. The molecule has 0 spiro atoms. The Hall–Kier alpha value is -0.970. The second kappa shape index (κ2) is 5.12. The minimum atomic E-state index is 0.345. The van der Waals surface area contributed by atoms with Crippen molar-refractivity contribution in [3.8, 4) is 0 Å². The van der Waals surface area contributed by atoms with E-state index in [1.165, 1.54) is 0 Å². The monoisotopic (exact) mass is 331 g/mol. The highest BCUT2D eigenvalue weighted by molar-refractivity contribution is 9.10. The van der Waals surface area contributed by atoms with Crippen LogP contribution in [0.3, 0.4) is 0 Å². The molecule has 0 aliphatic rings. The summed E-state index contributed by atoms with van der Waals surface area (Å²) in [7, 11) is 0. The standard InChI is InChI=1S/C11H8BrCl2N3/c12-8-3-6(13)1-2-9(8)16-11-5-7(15)4-10(14)17-11/h1-5H,(H3,15,16,17). The maximum Gasteiger partial charge on any atom is 0.134 e. The van der Waals surface area contributed by atoms with E-state index in [0.29, 0.717) is 21.7 Å². The third kappa shape index (κ3) is 3.25. The normalized spacial score (nSPS) is 10.3.